The van der Waals surface area contributed by atoms with Crippen LogP contribution in [-0.2, 0) is 0 Å². The van der Waals surface area contributed by atoms with Gasteiger partial charge in [0.1, 0.15) is 48.0 Å². The lowest BCUT2D eigenvalue weighted by Gasteiger charge is -2.10. The van der Waals surface area contributed by atoms with Gasteiger partial charge in [-0.25, -0.2) is 46.6 Å². The predicted molar refractivity (Wildman–Crippen MR) is 332 cm³/mol. The molecule has 0 saturated heterocycles. The van der Waals surface area contributed by atoms with Crippen molar-refractivity contribution in [3.63, 3.8) is 0 Å². The van der Waals surface area contributed by atoms with Crippen molar-refractivity contribution in [3.8, 4) is 73.6 Å². The van der Waals surface area contributed by atoms with Crippen LogP contribution in [-0.4, -0.2) is 65.1 Å². The van der Waals surface area contributed by atoms with E-state index < -0.39 is 11.6 Å². The minimum atomic E-state index is -0.432. The standard InChI is InChI=1S/C23H17FN4O.C22H13Cl2FN4.C22H13ClF2N4/c1-29-20-9-7-18(8-10-20)27-15-25-21-11-2-16(14-23(21)27)22-12-13-26-28(22)19-5-3-17(24)4-6-19;23-15-2-5-17(6-3-15)29-20(9-10-27-29)14-1-7-19-22(11-14)28(13-26-19)21-8-4-16(24)12-18(21)25;23-15-2-8-21(18(25)12-15)28-13-26-19-7-1-14(11-22(19)28)20-9-10-27-29(20)17-5-3-16(24)4-6-17/h2-15H,1H3;2*1-13H. The summed E-state index contributed by atoms with van der Waals surface area (Å²) in [4.78, 5) is 13.3. The average Bonchev–Trinajstić information content (AvgIpc) is 2.08. The number of nitrogens with zero attached hydrogens (tertiary/aromatic N) is 12. The fraction of sp³-hybridized carbons (Fsp3) is 0.0149. The molecule has 0 unspecified atom stereocenters. The number of hydrogen-bond donors (Lipinski definition) is 0. The first-order chi connectivity index (χ1) is 42.4. The molecule has 0 fully saturated rings. The van der Waals surface area contributed by atoms with E-state index in [1.165, 1.54) is 36.4 Å². The van der Waals surface area contributed by atoms with E-state index in [9.17, 15) is 17.6 Å². The topological polar surface area (TPSA) is 116 Å². The summed E-state index contributed by atoms with van der Waals surface area (Å²) in [5.41, 5.74) is 14.5. The van der Waals surface area contributed by atoms with Crippen molar-refractivity contribution in [2.24, 2.45) is 0 Å². The van der Waals surface area contributed by atoms with E-state index in [1.807, 2.05) is 131 Å². The zero-order chi connectivity index (χ0) is 59.7. The number of fused-ring (bicyclic) bond motifs is 3. The first-order valence-corrected chi connectivity index (χ1v) is 27.9. The summed E-state index contributed by atoms with van der Waals surface area (Å²) < 4.78 is 71.5. The Hall–Kier alpha value is -10.6. The van der Waals surface area contributed by atoms with E-state index in [0.717, 1.165) is 95.4 Å². The quantitative estimate of drug-likeness (QED) is 0.125. The first kappa shape index (κ1) is 55.6. The molecule has 0 aliphatic carbocycles. The van der Waals surface area contributed by atoms with Crippen LogP contribution in [0.15, 0.2) is 244 Å². The van der Waals surface area contributed by atoms with Crippen molar-refractivity contribution in [2.75, 3.05) is 7.11 Å². The van der Waals surface area contributed by atoms with Gasteiger partial charge in [0.25, 0.3) is 0 Å². The molecular weight excluding hydrogens is 1170 g/mol. The number of benzene rings is 9. The average molecular weight is 1210 g/mol. The van der Waals surface area contributed by atoms with Crippen molar-refractivity contribution < 1.29 is 22.3 Å². The molecule has 87 heavy (non-hydrogen) atoms. The Morgan fingerprint density at radius 1 is 0.345 bits per heavy atom. The number of imidazole rings is 3. The van der Waals surface area contributed by atoms with Crippen LogP contribution in [0.3, 0.4) is 0 Å². The van der Waals surface area contributed by atoms with Crippen molar-refractivity contribution >= 4 is 67.9 Å². The smallest absolute Gasteiger partial charge is 0.148 e. The summed E-state index contributed by atoms with van der Waals surface area (Å²) in [7, 11) is 1.65. The normalized spacial score (nSPS) is 11.2. The maximum absolute atomic E-state index is 14.5. The van der Waals surface area contributed by atoms with Gasteiger partial charge in [0.2, 0.25) is 0 Å². The monoisotopic (exact) mass is 1210 g/mol. The molecule has 0 atom stereocenters. The lowest BCUT2D eigenvalue weighted by molar-refractivity contribution is 0.415. The van der Waals surface area contributed by atoms with Crippen LogP contribution in [0.4, 0.5) is 17.6 Å². The molecule has 15 aromatic rings. The van der Waals surface area contributed by atoms with Gasteiger partial charge in [0, 0.05) is 37.4 Å². The van der Waals surface area contributed by atoms with Crippen LogP contribution in [0.25, 0.3) is 101 Å². The van der Waals surface area contributed by atoms with E-state index in [4.69, 9.17) is 39.5 Å². The lowest BCUT2D eigenvalue weighted by atomic mass is 10.1. The minimum Gasteiger partial charge on any atom is -0.497 e. The van der Waals surface area contributed by atoms with Gasteiger partial charge in [-0.3, -0.25) is 13.7 Å². The van der Waals surface area contributed by atoms with E-state index in [0.29, 0.717) is 26.4 Å². The molecule has 13 nitrogen and oxygen atoms in total. The molecule has 0 radical (unpaired) electrons. The summed E-state index contributed by atoms with van der Waals surface area (Å²) in [6.45, 7) is 0. The van der Waals surface area contributed by atoms with Crippen molar-refractivity contribution in [2.45, 2.75) is 0 Å². The fourth-order valence-corrected chi connectivity index (χ4v) is 10.6. The molecule has 426 valence electrons. The highest BCUT2D eigenvalue weighted by molar-refractivity contribution is 6.31. The van der Waals surface area contributed by atoms with Gasteiger partial charge in [0.15, 0.2) is 0 Å². The van der Waals surface area contributed by atoms with Gasteiger partial charge >= 0.3 is 0 Å². The van der Waals surface area contributed by atoms with E-state index >= 15 is 0 Å². The molecule has 6 heterocycles. The maximum atomic E-state index is 14.5. The number of ether oxygens (including phenoxy) is 1. The highest BCUT2D eigenvalue weighted by atomic mass is 35.5. The Balaban J connectivity index is 0.000000121. The predicted octanol–water partition coefficient (Wildman–Crippen LogP) is 17.2. The highest BCUT2D eigenvalue weighted by Gasteiger charge is 2.17. The van der Waals surface area contributed by atoms with Crippen molar-refractivity contribution in [3.05, 3.63) is 282 Å². The molecule has 0 N–H and O–H groups in total. The zero-order valence-electron chi connectivity index (χ0n) is 45.5. The third-order valence-electron chi connectivity index (χ3n) is 14.4. The zero-order valence-corrected chi connectivity index (χ0v) is 47.8. The summed E-state index contributed by atoms with van der Waals surface area (Å²) in [6.07, 6.45) is 10.2. The second kappa shape index (κ2) is 23.8. The fourth-order valence-electron chi connectivity index (χ4n) is 10.1. The summed E-state index contributed by atoms with van der Waals surface area (Å²) >= 11 is 17.8. The van der Waals surface area contributed by atoms with Crippen LogP contribution in [0.2, 0.25) is 15.1 Å². The van der Waals surface area contributed by atoms with Crippen LogP contribution < -0.4 is 4.74 Å². The SMILES string of the molecule is COc1ccc(-n2cnc3ccc(-c4ccnn4-c4ccc(F)cc4)cc32)cc1.Fc1cc(Cl)ccc1-n1cnc2ccc(-c3ccnn3-c3ccc(Cl)cc3)cc21.Fc1ccc(-n2nccc2-c2ccc3ncn(-c4ccc(Cl)cc4F)c3c2)cc1. The van der Waals surface area contributed by atoms with Gasteiger partial charge in [0.05, 0.1) is 104 Å². The summed E-state index contributed by atoms with van der Waals surface area (Å²) in [6, 6.07) is 60.3. The second-order valence-corrected chi connectivity index (χ2v) is 21.0. The van der Waals surface area contributed by atoms with Crippen molar-refractivity contribution in [1.82, 2.24) is 58.0 Å². The van der Waals surface area contributed by atoms with Gasteiger partial charge in [-0.05, 0) is 188 Å². The third-order valence-corrected chi connectivity index (χ3v) is 15.1. The number of rotatable bonds is 10. The van der Waals surface area contributed by atoms with Crippen LogP contribution >= 0.6 is 34.8 Å². The molecule has 0 saturated carbocycles. The second-order valence-electron chi connectivity index (χ2n) is 19.7. The Bertz CT molecular complexity index is 4750. The molecule has 9 aromatic carbocycles. The van der Waals surface area contributed by atoms with Gasteiger partial charge in [-0.2, -0.15) is 15.3 Å². The minimum absolute atomic E-state index is 0.271. The van der Waals surface area contributed by atoms with Crippen molar-refractivity contribution in [1.29, 1.82) is 0 Å². The van der Waals surface area contributed by atoms with Gasteiger partial charge in [-0.1, -0.05) is 53.0 Å². The van der Waals surface area contributed by atoms with Gasteiger partial charge < -0.3 is 4.74 Å². The number of halogens is 7. The number of aromatic nitrogens is 12. The summed E-state index contributed by atoms with van der Waals surface area (Å²) in [5.74, 6) is -0.612. The highest BCUT2D eigenvalue weighted by Crippen LogP contribution is 2.33. The molecule has 0 amide bonds. The molecule has 0 spiro atoms. The van der Waals surface area contributed by atoms with E-state index in [1.54, 1.807) is 105 Å². The molecule has 15 rings (SSSR count). The number of hydrogen-bond acceptors (Lipinski definition) is 7. The van der Waals surface area contributed by atoms with Crippen LogP contribution in [0.1, 0.15) is 0 Å². The number of methoxy groups -OCH3 is 1. The molecular formula is C67H43Cl3F4N12O. The Morgan fingerprint density at radius 2 is 0.690 bits per heavy atom. The molecule has 0 aliphatic heterocycles. The van der Waals surface area contributed by atoms with Gasteiger partial charge in [-0.15, -0.1) is 0 Å². The van der Waals surface area contributed by atoms with Crippen LogP contribution in [0.5, 0.6) is 5.75 Å². The molecule has 20 heteroatoms. The maximum Gasteiger partial charge on any atom is 0.148 e. The largest absolute Gasteiger partial charge is 0.497 e. The molecule has 6 aromatic heterocycles. The van der Waals surface area contributed by atoms with E-state index in [2.05, 4.69) is 36.3 Å². The molecule has 0 aliphatic rings. The third kappa shape index (κ3) is 11.3. The first-order valence-electron chi connectivity index (χ1n) is 26.8. The Labute approximate surface area is 508 Å². The summed E-state index contributed by atoms with van der Waals surface area (Å²) in [5, 5.41) is 14.6. The van der Waals surface area contributed by atoms with Crippen LogP contribution in [0, 0.1) is 23.3 Å². The molecule has 0 bridgehead atoms. The lowest BCUT2D eigenvalue weighted by Crippen LogP contribution is -1.99. The van der Waals surface area contributed by atoms with E-state index in [-0.39, 0.29) is 11.6 Å². The Morgan fingerprint density at radius 3 is 1.07 bits per heavy atom. The Kier molecular flexibility index (Phi) is 15.2.